The van der Waals surface area contributed by atoms with Gasteiger partial charge < -0.3 is 5.32 Å². The third-order valence-corrected chi connectivity index (χ3v) is 2.93. The molecule has 15 heavy (non-hydrogen) atoms. The van der Waals surface area contributed by atoms with E-state index in [-0.39, 0.29) is 0 Å². The molecular weight excluding hydrogens is 194 g/mol. The van der Waals surface area contributed by atoms with E-state index in [4.69, 9.17) is 5.84 Å². The minimum absolute atomic E-state index is 0.503. The first kappa shape index (κ1) is 12.0. The number of hydrogen-bond donors (Lipinski definition) is 3. The molecule has 2 amide bonds. The van der Waals surface area contributed by atoms with E-state index in [2.05, 4.69) is 12.2 Å². The molecule has 0 bridgehead atoms. The molecule has 1 aliphatic rings. The van der Waals surface area contributed by atoms with E-state index in [1.807, 2.05) is 5.43 Å². The summed E-state index contributed by atoms with van der Waals surface area (Å²) in [6, 6.07) is 0. The van der Waals surface area contributed by atoms with Crippen molar-refractivity contribution in [3.05, 3.63) is 0 Å². The van der Waals surface area contributed by atoms with Gasteiger partial charge in [0.2, 0.25) is 0 Å². The molecule has 5 heteroatoms. The molecule has 86 valence electrons. The normalized spacial score (nSPS) is 25.7. The summed E-state index contributed by atoms with van der Waals surface area (Å²) >= 11 is 0. The molecule has 1 fully saturated rings. The lowest BCUT2D eigenvalue weighted by Crippen LogP contribution is -2.44. The van der Waals surface area contributed by atoms with Gasteiger partial charge in [0.15, 0.2) is 0 Å². The zero-order chi connectivity index (χ0) is 11.3. The summed E-state index contributed by atoms with van der Waals surface area (Å²) in [4.78, 5) is 21.9. The first-order chi connectivity index (χ1) is 7.13. The number of rotatable bonds is 2. The Balaban J connectivity index is 2.24. The minimum Gasteiger partial charge on any atom is -0.348 e. The lowest BCUT2D eigenvalue weighted by atomic mass is 9.82. The van der Waals surface area contributed by atoms with Crippen LogP contribution in [0.5, 0.6) is 0 Å². The summed E-state index contributed by atoms with van der Waals surface area (Å²) in [7, 11) is 0. The van der Waals surface area contributed by atoms with Crippen molar-refractivity contribution in [2.24, 2.45) is 17.7 Å². The SMILES string of the molecule is CC1CCCC(CNC(=O)C(=O)NN)C1. The van der Waals surface area contributed by atoms with Gasteiger partial charge in [-0.25, -0.2) is 5.84 Å². The molecule has 0 radical (unpaired) electrons. The molecule has 2 atom stereocenters. The van der Waals surface area contributed by atoms with Crippen molar-refractivity contribution >= 4 is 11.8 Å². The van der Waals surface area contributed by atoms with Crippen molar-refractivity contribution in [2.75, 3.05) is 6.54 Å². The Morgan fingerprint density at radius 1 is 1.33 bits per heavy atom. The van der Waals surface area contributed by atoms with Gasteiger partial charge in [-0.3, -0.25) is 15.0 Å². The van der Waals surface area contributed by atoms with Crippen LogP contribution in [0.15, 0.2) is 0 Å². The van der Waals surface area contributed by atoms with Crippen LogP contribution in [0.3, 0.4) is 0 Å². The highest BCUT2D eigenvalue weighted by atomic mass is 16.2. The van der Waals surface area contributed by atoms with E-state index in [0.29, 0.717) is 12.5 Å². The number of nitrogens with two attached hydrogens (primary N) is 1. The molecule has 0 heterocycles. The van der Waals surface area contributed by atoms with Crippen molar-refractivity contribution in [3.63, 3.8) is 0 Å². The smallest absolute Gasteiger partial charge is 0.323 e. The quantitative estimate of drug-likeness (QED) is 0.259. The molecule has 0 aromatic rings. The monoisotopic (exact) mass is 213 g/mol. The molecule has 4 N–H and O–H groups in total. The van der Waals surface area contributed by atoms with E-state index in [1.165, 1.54) is 12.8 Å². The highest BCUT2D eigenvalue weighted by Gasteiger charge is 2.20. The Morgan fingerprint density at radius 2 is 2.07 bits per heavy atom. The van der Waals surface area contributed by atoms with E-state index >= 15 is 0 Å². The van der Waals surface area contributed by atoms with Gasteiger partial charge in [0.25, 0.3) is 0 Å². The van der Waals surface area contributed by atoms with Crippen molar-refractivity contribution in [3.8, 4) is 0 Å². The van der Waals surface area contributed by atoms with Gasteiger partial charge in [0.05, 0.1) is 0 Å². The van der Waals surface area contributed by atoms with Gasteiger partial charge in [-0.2, -0.15) is 0 Å². The second-order valence-electron chi connectivity index (χ2n) is 4.32. The number of amides is 2. The average Bonchev–Trinajstić information content (AvgIpc) is 2.25. The van der Waals surface area contributed by atoms with Crippen molar-refractivity contribution in [1.82, 2.24) is 10.7 Å². The zero-order valence-electron chi connectivity index (χ0n) is 9.08. The number of hydrazine groups is 1. The Labute approximate surface area is 89.8 Å². The third kappa shape index (κ3) is 3.87. The predicted octanol–water partition coefficient (Wildman–Crippen LogP) is -0.0812. The second kappa shape index (κ2) is 5.70. The van der Waals surface area contributed by atoms with Crippen LogP contribution >= 0.6 is 0 Å². The van der Waals surface area contributed by atoms with Gasteiger partial charge in [-0.05, 0) is 24.7 Å². The Hall–Kier alpha value is -1.10. The Morgan fingerprint density at radius 3 is 2.67 bits per heavy atom. The maximum atomic E-state index is 11.1. The van der Waals surface area contributed by atoms with Crippen LogP contribution in [0.2, 0.25) is 0 Å². The average molecular weight is 213 g/mol. The largest absolute Gasteiger partial charge is 0.348 e. The summed E-state index contributed by atoms with van der Waals surface area (Å²) in [5.74, 6) is 4.65. The molecule has 0 aromatic heterocycles. The molecule has 0 aliphatic heterocycles. The second-order valence-corrected chi connectivity index (χ2v) is 4.32. The lowest BCUT2D eigenvalue weighted by Gasteiger charge is -2.26. The zero-order valence-corrected chi connectivity index (χ0v) is 9.08. The van der Waals surface area contributed by atoms with Crippen molar-refractivity contribution in [1.29, 1.82) is 0 Å². The molecule has 1 aliphatic carbocycles. The molecule has 2 unspecified atom stereocenters. The maximum Gasteiger partial charge on any atom is 0.323 e. The van der Waals surface area contributed by atoms with Crippen molar-refractivity contribution in [2.45, 2.75) is 32.6 Å². The third-order valence-electron chi connectivity index (χ3n) is 2.93. The van der Waals surface area contributed by atoms with E-state index in [9.17, 15) is 9.59 Å². The fourth-order valence-corrected chi connectivity index (χ4v) is 2.13. The standard InChI is InChI=1S/C10H19N3O2/c1-7-3-2-4-8(5-7)6-12-9(14)10(15)13-11/h7-8H,2-6,11H2,1H3,(H,12,14)(H,13,15). The van der Waals surface area contributed by atoms with Gasteiger partial charge >= 0.3 is 11.8 Å². The van der Waals surface area contributed by atoms with Crippen LogP contribution < -0.4 is 16.6 Å². The summed E-state index contributed by atoms with van der Waals surface area (Å²) in [6.45, 7) is 2.80. The first-order valence-corrected chi connectivity index (χ1v) is 5.42. The highest BCUT2D eigenvalue weighted by Crippen LogP contribution is 2.27. The molecule has 5 nitrogen and oxygen atoms in total. The van der Waals surface area contributed by atoms with E-state index in [1.54, 1.807) is 0 Å². The van der Waals surface area contributed by atoms with E-state index < -0.39 is 11.8 Å². The summed E-state index contributed by atoms with van der Waals surface area (Å²) < 4.78 is 0. The van der Waals surface area contributed by atoms with Crippen LogP contribution in [0.1, 0.15) is 32.6 Å². The van der Waals surface area contributed by atoms with Gasteiger partial charge in [-0.15, -0.1) is 0 Å². The summed E-state index contributed by atoms with van der Waals surface area (Å²) in [6.07, 6.45) is 4.75. The molecule has 0 spiro atoms. The van der Waals surface area contributed by atoms with Gasteiger partial charge in [0, 0.05) is 6.54 Å². The molecule has 0 saturated heterocycles. The fraction of sp³-hybridized carbons (Fsp3) is 0.800. The minimum atomic E-state index is -0.779. The number of carbonyl (C=O) groups is 2. The van der Waals surface area contributed by atoms with Crippen LogP contribution in [0, 0.1) is 11.8 Å². The van der Waals surface area contributed by atoms with Gasteiger partial charge in [-0.1, -0.05) is 19.8 Å². The molecule has 1 rings (SSSR count). The van der Waals surface area contributed by atoms with Crippen molar-refractivity contribution < 1.29 is 9.59 Å². The molecule has 1 saturated carbocycles. The summed E-state index contributed by atoms with van der Waals surface area (Å²) in [5, 5.41) is 2.59. The fourth-order valence-electron chi connectivity index (χ4n) is 2.13. The lowest BCUT2D eigenvalue weighted by molar-refractivity contribution is -0.139. The Bertz CT molecular complexity index is 243. The highest BCUT2D eigenvalue weighted by molar-refractivity contribution is 6.34. The molecule has 0 aromatic carbocycles. The van der Waals surface area contributed by atoms with Crippen LogP contribution in [-0.2, 0) is 9.59 Å². The van der Waals surface area contributed by atoms with Gasteiger partial charge in [0.1, 0.15) is 0 Å². The first-order valence-electron chi connectivity index (χ1n) is 5.42. The predicted molar refractivity (Wildman–Crippen MR) is 56.5 cm³/mol. The Kier molecular flexibility index (Phi) is 4.55. The maximum absolute atomic E-state index is 11.1. The molecular formula is C10H19N3O2. The number of hydrogen-bond acceptors (Lipinski definition) is 3. The van der Waals surface area contributed by atoms with Crippen LogP contribution in [0.25, 0.3) is 0 Å². The van der Waals surface area contributed by atoms with E-state index in [0.717, 1.165) is 18.8 Å². The summed E-state index contributed by atoms with van der Waals surface area (Å²) in [5.41, 5.74) is 1.81. The number of carbonyl (C=O) groups excluding carboxylic acids is 2. The van der Waals surface area contributed by atoms with Crippen LogP contribution in [-0.4, -0.2) is 18.4 Å². The van der Waals surface area contributed by atoms with Crippen LogP contribution in [0.4, 0.5) is 0 Å². The number of nitrogens with one attached hydrogen (secondary N) is 2. The topological polar surface area (TPSA) is 84.2 Å².